The number of amides is 2. The maximum atomic E-state index is 12.3. The van der Waals surface area contributed by atoms with Crippen LogP contribution in [0.25, 0.3) is 0 Å². The van der Waals surface area contributed by atoms with Crippen LogP contribution in [0.15, 0.2) is 4.99 Å². The van der Waals surface area contributed by atoms with Gasteiger partial charge in [0.2, 0.25) is 0 Å². The monoisotopic (exact) mass is 569 g/mol. The molecule has 1 fully saturated rings. The summed E-state index contributed by atoms with van der Waals surface area (Å²) in [7, 11) is 1.74. The smallest absolute Gasteiger partial charge is 0.410 e. The number of nitrogens with one attached hydrogen (secondary N) is 3. The quantitative estimate of drug-likeness (QED) is 0.187. The normalized spacial score (nSPS) is 17.2. The van der Waals surface area contributed by atoms with Crippen LogP contribution in [-0.2, 0) is 9.47 Å². The topological polar surface area (TPSA) is 104 Å². The molecule has 9 nitrogen and oxygen atoms in total. The number of carbonyl (C=O) groups is 2. The van der Waals surface area contributed by atoms with Crippen LogP contribution < -0.4 is 16.0 Å². The molecule has 32 heavy (non-hydrogen) atoms. The van der Waals surface area contributed by atoms with Crippen molar-refractivity contribution >= 4 is 42.1 Å². The van der Waals surface area contributed by atoms with Crippen molar-refractivity contribution in [1.29, 1.82) is 0 Å². The minimum absolute atomic E-state index is 0. The van der Waals surface area contributed by atoms with E-state index >= 15 is 0 Å². The molecular weight excluding hydrogens is 525 g/mol. The molecule has 0 radical (unpaired) electrons. The van der Waals surface area contributed by atoms with Gasteiger partial charge in [0.25, 0.3) is 0 Å². The summed E-state index contributed by atoms with van der Waals surface area (Å²) < 4.78 is 10.7. The van der Waals surface area contributed by atoms with Crippen molar-refractivity contribution < 1.29 is 19.1 Å². The minimum atomic E-state index is -0.490. The Morgan fingerprint density at radius 1 is 0.969 bits per heavy atom. The molecule has 1 rings (SSSR count). The molecule has 0 aromatic rings. The molecule has 0 aromatic carbocycles. The van der Waals surface area contributed by atoms with E-state index in [-0.39, 0.29) is 30.1 Å². The van der Waals surface area contributed by atoms with Crippen molar-refractivity contribution in [1.82, 2.24) is 20.9 Å². The average Bonchev–Trinajstić information content (AvgIpc) is 2.63. The second kappa shape index (κ2) is 14.6. The first-order chi connectivity index (χ1) is 14.4. The summed E-state index contributed by atoms with van der Waals surface area (Å²) in [6.45, 7) is 14.7. The fourth-order valence-electron chi connectivity index (χ4n) is 3.21. The van der Waals surface area contributed by atoms with Crippen molar-refractivity contribution in [3.8, 4) is 0 Å². The number of alkyl carbamates (subject to hydrolysis) is 1. The molecule has 1 saturated heterocycles. The van der Waals surface area contributed by atoms with E-state index in [0.717, 1.165) is 51.3 Å². The lowest BCUT2D eigenvalue weighted by molar-refractivity contribution is 0.0162. The van der Waals surface area contributed by atoms with Crippen LogP contribution in [0, 0.1) is 5.92 Å². The number of hydrogen-bond acceptors (Lipinski definition) is 5. The maximum absolute atomic E-state index is 12.3. The number of guanidine groups is 1. The van der Waals surface area contributed by atoms with E-state index < -0.39 is 17.3 Å². The molecule has 0 aliphatic carbocycles. The Morgan fingerprint density at radius 2 is 1.56 bits per heavy atom. The van der Waals surface area contributed by atoms with Gasteiger partial charge in [-0.05, 0) is 73.1 Å². The number of hydrogen-bond donors (Lipinski definition) is 3. The highest BCUT2D eigenvalue weighted by molar-refractivity contribution is 14.0. The Kier molecular flexibility index (Phi) is 14.0. The summed E-state index contributed by atoms with van der Waals surface area (Å²) in [6, 6.07) is 0. The zero-order chi connectivity index (χ0) is 23.5. The first-order valence-corrected chi connectivity index (χ1v) is 11.3. The third-order valence-electron chi connectivity index (χ3n) is 4.55. The summed E-state index contributed by atoms with van der Waals surface area (Å²) in [4.78, 5) is 30.0. The van der Waals surface area contributed by atoms with Gasteiger partial charge in [-0.15, -0.1) is 24.0 Å². The summed E-state index contributed by atoms with van der Waals surface area (Å²) in [5.74, 6) is 1.18. The van der Waals surface area contributed by atoms with E-state index in [2.05, 4.69) is 20.9 Å². The third-order valence-corrected chi connectivity index (χ3v) is 4.55. The SMILES string of the molecule is CN=C(NCCCNC(=O)OC(C)(C)C)NCCC1CCCN(C(=O)OC(C)(C)C)C1.I. The van der Waals surface area contributed by atoms with Crippen molar-refractivity contribution in [2.75, 3.05) is 39.8 Å². The van der Waals surface area contributed by atoms with Gasteiger partial charge in [-0.25, -0.2) is 9.59 Å². The van der Waals surface area contributed by atoms with Crippen molar-refractivity contribution in [2.45, 2.75) is 78.4 Å². The van der Waals surface area contributed by atoms with Gasteiger partial charge in [0, 0.05) is 39.8 Å². The van der Waals surface area contributed by atoms with Gasteiger partial charge >= 0.3 is 12.2 Å². The second-order valence-corrected chi connectivity index (χ2v) is 9.93. The zero-order valence-corrected chi connectivity index (χ0v) is 23.2. The molecule has 2 amide bonds. The van der Waals surface area contributed by atoms with Crippen molar-refractivity contribution in [3.63, 3.8) is 0 Å². The van der Waals surface area contributed by atoms with Gasteiger partial charge < -0.3 is 30.3 Å². The van der Waals surface area contributed by atoms with E-state index in [1.54, 1.807) is 7.05 Å². The summed E-state index contributed by atoms with van der Waals surface area (Å²) in [6.07, 6.45) is 3.21. The number of carbonyl (C=O) groups excluding carboxylic acids is 2. The Labute approximate surface area is 210 Å². The lowest BCUT2D eigenvalue weighted by atomic mass is 9.95. The summed E-state index contributed by atoms with van der Waals surface area (Å²) in [5, 5.41) is 9.31. The predicted octanol–water partition coefficient (Wildman–Crippen LogP) is 3.72. The predicted molar refractivity (Wildman–Crippen MR) is 139 cm³/mol. The van der Waals surface area contributed by atoms with Crippen LogP contribution in [0.2, 0.25) is 0 Å². The highest BCUT2D eigenvalue weighted by Gasteiger charge is 2.27. The molecule has 1 aliphatic heterocycles. The number of halogens is 1. The van der Waals surface area contributed by atoms with Gasteiger partial charge in [-0.3, -0.25) is 4.99 Å². The van der Waals surface area contributed by atoms with Crippen LogP contribution >= 0.6 is 24.0 Å². The minimum Gasteiger partial charge on any atom is -0.444 e. The van der Waals surface area contributed by atoms with E-state index in [0.29, 0.717) is 19.0 Å². The number of nitrogens with zero attached hydrogens (tertiary/aromatic N) is 2. The van der Waals surface area contributed by atoms with Gasteiger partial charge in [0.15, 0.2) is 5.96 Å². The van der Waals surface area contributed by atoms with Crippen LogP contribution in [0.5, 0.6) is 0 Å². The van der Waals surface area contributed by atoms with Crippen molar-refractivity contribution in [3.05, 3.63) is 0 Å². The van der Waals surface area contributed by atoms with Gasteiger partial charge in [0.1, 0.15) is 11.2 Å². The van der Waals surface area contributed by atoms with E-state index in [1.165, 1.54) is 0 Å². The molecule has 1 aliphatic rings. The standard InChI is InChI=1S/C22H43N5O4.HI/c1-21(2,3)30-19(28)26-13-9-12-24-18(23-7)25-14-11-17-10-8-15-27(16-17)20(29)31-22(4,5)6;/h17H,8-16H2,1-7H3,(H,26,28)(H2,23,24,25);1H. The highest BCUT2D eigenvalue weighted by atomic mass is 127. The Hall–Kier alpha value is -1.46. The number of rotatable bonds is 7. The fourth-order valence-corrected chi connectivity index (χ4v) is 3.21. The number of piperidine rings is 1. The molecule has 0 bridgehead atoms. The number of aliphatic imine (C=N–C) groups is 1. The molecule has 0 aromatic heterocycles. The van der Waals surface area contributed by atoms with Gasteiger partial charge in [-0.1, -0.05) is 0 Å². The molecule has 1 atom stereocenters. The van der Waals surface area contributed by atoms with E-state index in [4.69, 9.17) is 9.47 Å². The molecule has 3 N–H and O–H groups in total. The number of ether oxygens (including phenoxy) is 2. The molecule has 188 valence electrons. The van der Waals surface area contributed by atoms with Crippen LogP contribution in [0.4, 0.5) is 9.59 Å². The molecule has 10 heteroatoms. The van der Waals surface area contributed by atoms with Crippen LogP contribution in [0.3, 0.4) is 0 Å². The molecule has 1 unspecified atom stereocenters. The van der Waals surface area contributed by atoms with Gasteiger partial charge in [-0.2, -0.15) is 0 Å². The first kappa shape index (κ1) is 30.5. The molecule has 0 spiro atoms. The summed E-state index contributed by atoms with van der Waals surface area (Å²) >= 11 is 0. The lowest BCUT2D eigenvalue weighted by Crippen LogP contribution is -2.44. The third kappa shape index (κ3) is 14.6. The first-order valence-electron chi connectivity index (χ1n) is 11.3. The Morgan fingerprint density at radius 3 is 2.16 bits per heavy atom. The largest absolute Gasteiger partial charge is 0.444 e. The zero-order valence-electron chi connectivity index (χ0n) is 20.9. The molecule has 0 saturated carbocycles. The van der Waals surface area contributed by atoms with Gasteiger partial charge in [0.05, 0.1) is 0 Å². The Balaban J connectivity index is 0.00000961. The Bertz CT molecular complexity index is 602. The van der Waals surface area contributed by atoms with Crippen LogP contribution in [-0.4, -0.2) is 74.0 Å². The van der Waals surface area contributed by atoms with E-state index in [1.807, 2.05) is 46.4 Å². The number of likely N-dealkylation sites (tertiary alicyclic amines) is 1. The van der Waals surface area contributed by atoms with Crippen LogP contribution in [0.1, 0.15) is 67.2 Å². The second-order valence-electron chi connectivity index (χ2n) is 9.93. The lowest BCUT2D eigenvalue weighted by Gasteiger charge is -2.34. The average molecular weight is 570 g/mol. The summed E-state index contributed by atoms with van der Waals surface area (Å²) in [5.41, 5.74) is -0.956. The maximum Gasteiger partial charge on any atom is 0.410 e. The fraction of sp³-hybridized carbons (Fsp3) is 0.864. The van der Waals surface area contributed by atoms with Crippen molar-refractivity contribution in [2.24, 2.45) is 10.9 Å². The highest BCUT2D eigenvalue weighted by Crippen LogP contribution is 2.21. The molecular formula is C22H44IN5O4. The molecule has 1 heterocycles. The van der Waals surface area contributed by atoms with E-state index in [9.17, 15) is 9.59 Å².